The number of hydrogen-bond acceptors (Lipinski definition) is 3. The first kappa shape index (κ1) is 23.5. The molecule has 0 radical (unpaired) electrons. The number of halogens is 1. The highest BCUT2D eigenvalue weighted by molar-refractivity contribution is 5.89. The van der Waals surface area contributed by atoms with E-state index in [2.05, 4.69) is 23.2 Å². The summed E-state index contributed by atoms with van der Waals surface area (Å²) >= 11 is 0. The predicted octanol–water partition coefficient (Wildman–Crippen LogP) is 4.74. The molecule has 1 atom stereocenters. The standard InChI is InChI=1S/C29H32FN3O2/c1-21(34)32-14-15-33(28(35)29(11-2-3-12-29)25-7-4-8-26(30)18-25)20-23(19-32)16-22-9-10-27-24(17-22)6-5-13-31-27/h4-10,13,17-18,23H,2-3,11-12,14-16,19-20H2,1H3. The van der Waals surface area contributed by atoms with Crippen LogP contribution in [0.25, 0.3) is 10.9 Å². The van der Waals surface area contributed by atoms with Gasteiger partial charge in [0.05, 0.1) is 10.9 Å². The highest BCUT2D eigenvalue weighted by Gasteiger charge is 2.46. The Morgan fingerprint density at radius 2 is 1.77 bits per heavy atom. The quantitative estimate of drug-likeness (QED) is 0.550. The van der Waals surface area contributed by atoms with Crippen molar-refractivity contribution in [3.63, 3.8) is 0 Å². The number of benzene rings is 2. The highest BCUT2D eigenvalue weighted by Crippen LogP contribution is 2.43. The molecule has 5 rings (SSSR count). The number of rotatable bonds is 4. The van der Waals surface area contributed by atoms with E-state index in [1.54, 1.807) is 19.2 Å². The number of fused-ring (bicyclic) bond motifs is 1. The van der Waals surface area contributed by atoms with Gasteiger partial charge >= 0.3 is 0 Å². The molecular weight excluding hydrogens is 441 g/mol. The monoisotopic (exact) mass is 473 g/mol. The normalized spacial score (nSPS) is 20.1. The molecule has 2 aromatic carbocycles. The fourth-order valence-electron chi connectivity index (χ4n) is 5.98. The molecule has 5 nitrogen and oxygen atoms in total. The van der Waals surface area contributed by atoms with Crippen molar-refractivity contribution < 1.29 is 14.0 Å². The molecule has 1 aliphatic heterocycles. The first-order chi connectivity index (χ1) is 16.9. The number of pyridine rings is 1. The van der Waals surface area contributed by atoms with E-state index in [0.29, 0.717) is 26.2 Å². The number of hydrogen-bond donors (Lipinski definition) is 0. The zero-order valence-electron chi connectivity index (χ0n) is 20.3. The molecule has 0 bridgehead atoms. The Hall–Kier alpha value is -3.28. The van der Waals surface area contributed by atoms with E-state index in [1.165, 1.54) is 17.7 Å². The van der Waals surface area contributed by atoms with Gasteiger partial charge in [0.1, 0.15) is 5.82 Å². The Balaban J connectivity index is 1.43. The van der Waals surface area contributed by atoms with Gasteiger partial charge in [0.2, 0.25) is 11.8 Å². The maximum absolute atomic E-state index is 14.1. The van der Waals surface area contributed by atoms with Gasteiger partial charge in [0.25, 0.3) is 0 Å². The van der Waals surface area contributed by atoms with Crippen LogP contribution in [-0.4, -0.2) is 52.8 Å². The number of aromatic nitrogens is 1. The molecule has 35 heavy (non-hydrogen) atoms. The zero-order valence-corrected chi connectivity index (χ0v) is 20.3. The lowest BCUT2D eigenvalue weighted by molar-refractivity contribution is -0.138. The lowest BCUT2D eigenvalue weighted by atomic mass is 9.77. The topological polar surface area (TPSA) is 53.5 Å². The van der Waals surface area contributed by atoms with Crippen molar-refractivity contribution in [1.82, 2.24) is 14.8 Å². The summed E-state index contributed by atoms with van der Waals surface area (Å²) in [5.41, 5.74) is 2.24. The molecule has 3 aromatic rings. The number of carbonyl (C=O) groups excluding carboxylic acids is 2. The van der Waals surface area contributed by atoms with Crippen LogP contribution < -0.4 is 0 Å². The first-order valence-electron chi connectivity index (χ1n) is 12.6. The summed E-state index contributed by atoms with van der Waals surface area (Å²) in [7, 11) is 0. The van der Waals surface area contributed by atoms with Crippen molar-refractivity contribution in [2.45, 2.75) is 44.4 Å². The highest BCUT2D eigenvalue weighted by atomic mass is 19.1. The van der Waals surface area contributed by atoms with Crippen LogP contribution in [0, 0.1) is 11.7 Å². The number of amides is 2. The fraction of sp³-hybridized carbons (Fsp3) is 0.414. The Labute approximate surface area is 205 Å². The Morgan fingerprint density at radius 1 is 1.00 bits per heavy atom. The third-order valence-electron chi connectivity index (χ3n) is 7.77. The van der Waals surface area contributed by atoms with Crippen molar-refractivity contribution in [2.24, 2.45) is 5.92 Å². The van der Waals surface area contributed by atoms with E-state index in [-0.39, 0.29) is 23.5 Å². The summed E-state index contributed by atoms with van der Waals surface area (Å²) in [4.78, 5) is 34.7. The maximum atomic E-state index is 14.1. The SMILES string of the molecule is CC(=O)N1CCN(C(=O)C2(c3cccc(F)c3)CCCC2)CC(Cc2ccc3ncccc3c2)C1. The van der Waals surface area contributed by atoms with Crippen molar-refractivity contribution in [3.05, 3.63) is 77.7 Å². The largest absolute Gasteiger partial charge is 0.341 e. The van der Waals surface area contributed by atoms with E-state index >= 15 is 0 Å². The third kappa shape index (κ3) is 4.79. The van der Waals surface area contributed by atoms with Gasteiger partial charge in [0.15, 0.2) is 0 Å². The van der Waals surface area contributed by atoms with Gasteiger partial charge in [-0.3, -0.25) is 14.6 Å². The van der Waals surface area contributed by atoms with Crippen LogP contribution in [0.1, 0.15) is 43.7 Å². The average Bonchev–Trinajstić information content (AvgIpc) is 3.26. The van der Waals surface area contributed by atoms with Crippen LogP contribution in [-0.2, 0) is 21.4 Å². The van der Waals surface area contributed by atoms with E-state index in [0.717, 1.165) is 48.6 Å². The van der Waals surface area contributed by atoms with Crippen molar-refractivity contribution in [3.8, 4) is 0 Å². The maximum Gasteiger partial charge on any atom is 0.233 e. The molecule has 1 unspecified atom stereocenters. The van der Waals surface area contributed by atoms with E-state index < -0.39 is 5.41 Å². The minimum Gasteiger partial charge on any atom is -0.341 e. The predicted molar refractivity (Wildman–Crippen MR) is 134 cm³/mol. The molecule has 1 saturated carbocycles. The van der Waals surface area contributed by atoms with Crippen LogP contribution >= 0.6 is 0 Å². The first-order valence-corrected chi connectivity index (χ1v) is 12.6. The molecule has 2 aliphatic rings. The van der Waals surface area contributed by atoms with Crippen LogP contribution in [0.15, 0.2) is 60.8 Å². The molecule has 1 saturated heterocycles. The van der Waals surface area contributed by atoms with Crippen molar-refractivity contribution in [2.75, 3.05) is 26.2 Å². The van der Waals surface area contributed by atoms with Crippen molar-refractivity contribution >= 4 is 22.7 Å². The molecule has 1 aliphatic carbocycles. The van der Waals surface area contributed by atoms with Gasteiger partial charge in [-0.15, -0.1) is 0 Å². The van der Waals surface area contributed by atoms with Crippen LogP contribution in [0.4, 0.5) is 4.39 Å². The van der Waals surface area contributed by atoms with Gasteiger partial charge in [0, 0.05) is 44.7 Å². The molecule has 6 heteroatoms. The number of carbonyl (C=O) groups is 2. The van der Waals surface area contributed by atoms with Crippen LogP contribution in [0.3, 0.4) is 0 Å². The summed E-state index contributed by atoms with van der Waals surface area (Å²) in [5, 5.41) is 1.09. The fourth-order valence-corrected chi connectivity index (χ4v) is 5.98. The molecule has 2 amide bonds. The molecular formula is C29H32FN3O2. The molecule has 0 spiro atoms. The average molecular weight is 474 g/mol. The Morgan fingerprint density at radius 3 is 2.54 bits per heavy atom. The van der Waals surface area contributed by atoms with Gasteiger partial charge in [-0.1, -0.05) is 37.1 Å². The lowest BCUT2D eigenvalue weighted by Crippen LogP contribution is -2.48. The molecule has 1 aromatic heterocycles. The second kappa shape index (κ2) is 9.76. The molecule has 2 fully saturated rings. The van der Waals surface area contributed by atoms with Gasteiger partial charge < -0.3 is 9.80 Å². The second-order valence-electron chi connectivity index (χ2n) is 10.1. The summed E-state index contributed by atoms with van der Waals surface area (Å²) < 4.78 is 14.1. The number of nitrogens with zero attached hydrogens (tertiary/aromatic N) is 3. The lowest BCUT2D eigenvalue weighted by Gasteiger charge is -2.35. The summed E-state index contributed by atoms with van der Waals surface area (Å²) in [5.74, 6) is -0.0688. The van der Waals surface area contributed by atoms with Crippen LogP contribution in [0.2, 0.25) is 0 Å². The minimum absolute atomic E-state index is 0.0349. The molecule has 182 valence electrons. The minimum atomic E-state index is -0.674. The second-order valence-corrected chi connectivity index (χ2v) is 10.1. The zero-order chi connectivity index (χ0) is 24.4. The van der Waals surface area contributed by atoms with Gasteiger partial charge in [-0.25, -0.2) is 4.39 Å². The van der Waals surface area contributed by atoms with Gasteiger partial charge in [-0.2, -0.15) is 0 Å². The smallest absolute Gasteiger partial charge is 0.233 e. The Bertz CT molecular complexity index is 1240. The molecule has 2 heterocycles. The summed E-state index contributed by atoms with van der Waals surface area (Å²) in [6, 6.07) is 16.8. The van der Waals surface area contributed by atoms with E-state index in [4.69, 9.17) is 0 Å². The third-order valence-corrected chi connectivity index (χ3v) is 7.77. The van der Waals surface area contributed by atoms with Crippen LogP contribution in [0.5, 0.6) is 0 Å². The van der Waals surface area contributed by atoms with Crippen molar-refractivity contribution in [1.29, 1.82) is 0 Å². The van der Waals surface area contributed by atoms with Gasteiger partial charge in [-0.05, 0) is 66.6 Å². The molecule has 0 N–H and O–H groups in total. The summed E-state index contributed by atoms with van der Waals surface area (Å²) in [6.45, 7) is 3.84. The Kier molecular flexibility index (Phi) is 6.54. The summed E-state index contributed by atoms with van der Waals surface area (Å²) in [6.07, 6.45) is 5.97. The van der Waals surface area contributed by atoms with E-state index in [9.17, 15) is 14.0 Å². The van der Waals surface area contributed by atoms with E-state index in [1.807, 2.05) is 28.0 Å².